The maximum atomic E-state index is 10.6. The van der Waals surface area contributed by atoms with Crippen LogP contribution in [0.4, 0.5) is 0 Å². The average Bonchev–Trinajstić information content (AvgIpc) is 2.54. The normalized spacial score (nSPS) is 42.1. The largest absolute Gasteiger partial charge is 0.480 e. The Hall–Kier alpha value is -0.570. The van der Waals surface area contributed by atoms with Gasteiger partial charge < -0.3 is 9.84 Å². The molecule has 3 nitrogen and oxygen atoms in total. The number of fused-ring (bicyclic) bond motifs is 2. The third kappa shape index (κ3) is 1.57. The number of hydrogen-bond acceptors (Lipinski definition) is 2. The summed E-state index contributed by atoms with van der Waals surface area (Å²) in [6, 6.07) is 0. The first-order valence-electron chi connectivity index (χ1n) is 5.70. The van der Waals surface area contributed by atoms with Gasteiger partial charge in [0.25, 0.3) is 0 Å². The molecule has 2 aliphatic carbocycles. The molecule has 0 aromatic rings. The van der Waals surface area contributed by atoms with E-state index in [9.17, 15) is 4.79 Å². The van der Waals surface area contributed by atoms with Gasteiger partial charge in [-0.05, 0) is 36.0 Å². The number of carbonyl (C=O) groups is 1. The van der Waals surface area contributed by atoms with Crippen LogP contribution < -0.4 is 0 Å². The van der Waals surface area contributed by atoms with Crippen LogP contribution in [0.1, 0.15) is 40.0 Å². The summed E-state index contributed by atoms with van der Waals surface area (Å²) in [6.07, 6.45) is 3.77. The second-order valence-electron chi connectivity index (χ2n) is 6.00. The van der Waals surface area contributed by atoms with E-state index in [1.54, 1.807) is 0 Å². The lowest BCUT2D eigenvalue weighted by molar-refractivity contribution is -0.153. The molecule has 3 heteroatoms. The van der Waals surface area contributed by atoms with Crippen LogP contribution in [0.2, 0.25) is 0 Å². The van der Waals surface area contributed by atoms with Crippen molar-refractivity contribution in [2.45, 2.75) is 46.1 Å². The van der Waals surface area contributed by atoms with Crippen molar-refractivity contribution < 1.29 is 14.6 Å². The van der Waals surface area contributed by atoms with Crippen molar-refractivity contribution >= 4 is 5.97 Å². The van der Waals surface area contributed by atoms with Crippen molar-refractivity contribution in [2.75, 3.05) is 6.61 Å². The molecule has 1 N–H and O–H groups in total. The quantitative estimate of drug-likeness (QED) is 0.780. The molecule has 3 atom stereocenters. The van der Waals surface area contributed by atoms with Crippen LogP contribution >= 0.6 is 0 Å². The summed E-state index contributed by atoms with van der Waals surface area (Å²) in [4.78, 5) is 10.6. The SMILES string of the molecule is CC12CCC(C1)C(C)(C)C2OCC(=O)O. The van der Waals surface area contributed by atoms with Gasteiger partial charge in [0.15, 0.2) is 0 Å². The van der Waals surface area contributed by atoms with Crippen molar-refractivity contribution in [2.24, 2.45) is 16.7 Å². The first-order valence-corrected chi connectivity index (χ1v) is 5.70. The van der Waals surface area contributed by atoms with Gasteiger partial charge in [-0.15, -0.1) is 0 Å². The first-order chi connectivity index (χ1) is 6.86. The molecular weight excluding hydrogens is 192 g/mol. The molecular formula is C12H20O3. The molecule has 0 amide bonds. The first kappa shape index (κ1) is 10.9. The van der Waals surface area contributed by atoms with E-state index in [1.165, 1.54) is 19.3 Å². The molecule has 2 aliphatic rings. The molecule has 0 spiro atoms. The van der Waals surface area contributed by atoms with E-state index < -0.39 is 5.97 Å². The topological polar surface area (TPSA) is 46.5 Å². The monoisotopic (exact) mass is 212 g/mol. The van der Waals surface area contributed by atoms with Gasteiger partial charge in [0.1, 0.15) is 6.61 Å². The number of carboxylic acids is 1. The summed E-state index contributed by atoms with van der Waals surface area (Å²) < 4.78 is 5.62. The van der Waals surface area contributed by atoms with Crippen LogP contribution in [0.25, 0.3) is 0 Å². The predicted octanol–water partition coefficient (Wildman–Crippen LogP) is 2.30. The Morgan fingerprint density at radius 3 is 2.60 bits per heavy atom. The highest BCUT2D eigenvalue weighted by Gasteiger charge is 2.60. The minimum atomic E-state index is -0.864. The van der Waals surface area contributed by atoms with Gasteiger partial charge in [-0.2, -0.15) is 0 Å². The number of rotatable bonds is 3. The highest BCUT2D eigenvalue weighted by molar-refractivity contribution is 5.68. The van der Waals surface area contributed by atoms with Gasteiger partial charge in [-0.25, -0.2) is 4.79 Å². The fourth-order valence-corrected chi connectivity index (χ4v) is 3.83. The molecule has 0 saturated heterocycles. The molecule has 2 saturated carbocycles. The van der Waals surface area contributed by atoms with E-state index >= 15 is 0 Å². The smallest absolute Gasteiger partial charge is 0.329 e. The van der Waals surface area contributed by atoms with Crippen LogP contribution in [-0.4, -0.2) is 23.8 Å². The lowest BCUT2D eigenvalue weighted by Crippen LogP contribution is -2.43. The maximum Gasteiger partial charge on any atom is 0.329 e. The van der Waals surface area contributed by atoms with Crippen molar-refractivity contribution in [3.8, 4) is 0 Å². The molecule has 15 heavy (non-hydrogen) atoms. The Morgan fingerprint density at radius 2 is 2.13 bits per heavy atom. The molecule has 0 aliphatic heterocycles. The molecule has 0 heterocycles. The van der Waals surface area contributed by atoms with Crippen LogP contribution in [-0.2, 0) is 9.53 Å². The van der Waals surface area contributed by atoms with Gasteiger partial charge >= 0.3 is 5.97 Å². The third-order valence-corrected chi connectivity index (χ3v) is 4.51. The predicted molar refractivity (Wildman–Crippen MR) is 56.6 cm³/mol. The Bertz CT molecular complexity index is 280. The summed E-state index contributed by atoms with van der Waals surface area (Å²) in [5.74, 6) is -0.154. The molecule has 0 radical (unpaired) electrons. The van der Waals surface area contributed by atoms with Gasteiger partial charge in [0.05, 0.1) is 6.10 Å². The summed E-state index contributed by atoms with van der Waals surface area (Å²) >= 11 is 0. The second-order valence-corrected chi connectivity index (χ2v) is 6.00. The summed E-state index contributed by atoms with van der Waals surface area (Å²) in [5, 5.41) is 8.67. The lowest BCUT2D eigenvalue weighted by Gasteiger charge is -2.42. The van der Waals surface area contributed by atoms with Gasteiger partial charge in [0.2, 0.25) is 0 Å². The molecule has 3 unspecified atom stereocenters. The minimum absolute atomic E-state index is 0.111. The summed E-state index contributed by atoms with van der Waals surface area (Å²) in [5.41, 5.74) is 0.353. The van der Waals surface area contributed by atoms with Crippen molar-refractivity contribution in [3.05, 3.63) is 0 Å². The van der Waals surface area contributed by atoms with Gasteiger partial charge in [0, 0.05) is 0 Å². The van der Waals surface area contributed by atoms with Gasteiger partial charge in [-0.1, -0.05) is 20.8 Å². The highest BCUT2D eigenvalue weighted by atomic mass is 16.5. The van der Waals surface area contributed by atoms with Gasteiger partial charge in [-0.3, -0.25) is 0 Å². The second kappa shape index (κ2) is 3.21. The average molecular weight is 212 g/mol. The molecule has 0 aromatic heterocycles. The summed E-state index contributed by atoms with van der Waals surface area (Å²) in [7, 11) is 0. The number of aliphatic carboxylic acids is 1. The fraction of sp³-hybridized carbons (Fsp3) is 0.917. The standard InChI is InChI=1S/C12H20O3/c1-11(2)8-4-5-12(3,6-8)10(11)15-7-9(13)14/h8,10H,4-7H2,1-3H3,(H,13,14). The third-order valence-electron chi connectivity index (χ3n) is 4.51. The van der Waals surface area contributed by atoms with E-state index in [4.69, 9.17) is 9.84 Å². The Kier molecular flexibility index (Phi) is 2.34. The molecule has 86 valence electrons. The Labute approximate surface area is 90.8 Å². The maximum absolute atomic E-state index is 10.6. The Morgan fingerprint density at radius 1 is 1.47 bits per heavy atom. The zero-order valence-electron chi connectivity index (χ0n) is 9.75. The fourth-order valence-electron chi connectivity index (χ4n) is 3.83. The van der Waals surface area contributed by atoms with E-state index in [0.717, 1.165) is 0 Å². The van der Waals surface area contributed by atoms with E-state index in [1.807, 2.05) is 0 Å². The molecule has 2 fully saturated rings. The lowest BCUT2D eigenvalue weighted by atomic mass is 9.70. The minimum Gasteiger partial charge on any atom is -0.480 e. The van der Waals surface area contributed by atoms with E-state index in [-0.39, 0.29) is 23.5 Å². The van der Waals surface area contributed by atoms with E-state index in [2.05, 4.69) is 20.8 Å². The zero-order valence-corrected chi connectivity index (χ0v) is 9.75. The number of hydrogen-bond donors (Lipinski definition) is 1. The zero-order chi connectivity index (χ0) is 11.3. The van der Waals surface area contributed by atoms with Crippen LogP contribution in [0.3, 0.4) is 0 Å². The van der Waals surface area contributed by atoms with E-state index in [0.29, 0.717) is 5.92 Å². The highest BCUT2D eigenvalue weighted by Crippen LogP contribution is 2.63. The van der Waals surface area contributed by atoms with Crippen molar-refractivity contribution in [3.63, 3.8) is 0 Å². The molecule has 2 bridgehead atoms. The number of carboxylic acid groups (broad SMARTS) is 1. The van der Waals surface area contributed by atoms with Crippen LogP contribution in [0, 0.1) is 16.7 Å². The number of ether oxygens (including phenoxy) is 1. The molecule has 0 aromatic carbocycles. The Balaban J connectivity index is 2.12. The van der Waals surface area contributed by atoms with Crippen LogP contribution in [0.15, 0.2) is 0 Å². The van der Waals surface area contributed by atoms with Crippen molar-refractivity contribution in [1.29, 1.82) is 0 Å². The summed E-state index contributed by atoms with van der Waals surface area (Å²) in [6.45, 7) is 6.52. The van der Waals surface area contributed by atoms with Crippen LogP contribution in [0.5, 0.6) is 0 Å². The van der Waals surface area contributed by atoms with Crippen molar-refractivity contribution in [1.82, 2.24) is 0 Å². The molecule has 2 rings (SSSR count).